The number of methoxy groups -OCH3 is 1. The van der Waals surface area contributed by atoms with Crippen molar-refractivity contribution in [2.45, 2.75) is 25.7 Å². The third-order valence-electron chi connectivity index (χ3n) is 3.79. The first-order valence-electron chi connectivity index (χ1n) is 7.44. The summed E-state index contributed by atoms with van der Waals surface area (Å²) in [7, 11) is 1.63. The summed E-state index contributed by atoms with van der Waals surface area (Å²) >= 11 is 0. The number of hydrogen-bond donors (Lipinski definition) is 0. The Morgan fingerprint density at radius 3 is 2.36 bits per heavy atom. The molecule has 2 rings (SSSR count). The van der Waals surface area contributed by atoms with E-state index < -0.39 is 5.41 Å². The van der Waals surface area contributed by atoms with Crippen LogP contribution in [0.2, 0.25) is 0 Å². The first-order chi connectivity index (χ1) is 10.6. The summed E-state index contributed by atoms with van der Waals surface area (Å²) in [5, 5.41) is 0. The summed E-state index contributed by atoms with van der Waals surface area (Å²) in [5.74, 6) is 1.58. The Bertz CT molecular complexity index is 619. The molecule has 0 saturated carbocycles. The standard InChI is InChI=1S/C19H22O3/c1-4-22-16-11-9-15(10-12-16)13-19(2,14-20)17-7-5-6-8-18(17)21-3/h5-12,14H,4,13H2,1-3H3. The summed E-state index contributed by atoms with van der Waals surface area (Å²) in [5.41, 5.74) is 1.37. The van der Waals surface area contributed by atoms with Crippen LogP contribution in [0.4, 0.5) is 0 Å². The first-order valence-corrected chi connectivity index (χ1v) is 7.44. The molecule has 0 radical (unpaired) electrons. The minimum atomic E-state index is -0.625. The number of carbonyl (C=O) groups excluding carboxylic acids is 1. The van der Waals surface area contributed by atoms with Crippen molar-refractivity contribution in [3.05, 3.63) is 59.7 Å². The van der Waals surface area contributed by atoms with E-state index in [9.17, 15) is 4.79 Å². The van der Waals surface area contributed by atoms with E-state index in [1.165, 1.54) is 0 Å². The Balaban J connectivity index is 2.28. The Morgan fingerprint density at radius 1 is 1.09 bits per heavy atom. The summed E-state index contributed by atoms with van der Waals surface area (Å²) in [6.07, 6.45) is 1.62. The Kier molecular flexibility index (Phi) is 5.21. The molecule has 0 heterocycles. The van der Waals surface area contributed by atoms with Gasteiger partial charge in [-0.15, -0.1) is 0 Å². The molecule has 2 aromatic rings. The highest BCUT2D eigenvalue weighted by molar-refractivity contribution is 5.70. The number of benzene rings is 2. The number of carbonyl (C=O) groups is 1. The first kappa shape index (κ1) is 16.1. The largest absolute Gasteiger partial charge is 0.496 e. The predicted octanol–water partition coefficient (Wildman–Crippen LogP) is 3.79. The Morgan fingerprint density at radius 2 is 1.77 bits per heavy atom. The van der Waals surface area contributed by atoms with Gasteiger partial charge in [-0.05, 0) is 44.0 Å². The van der Waals surface area contributed by atoms with Gasteiger partial charge in [0.25, 0.3) is 0 Å². The van der Waals surface area contributed by atoms with Crippen LogP contribution < -0.4 is 9.47 Å². The summed E-state index contributed by atoms with van der Waals surface area (Å²) in [6, 6.07) is 15.5. The lowest BCUT2D eigenvalue weighted by Crippen LogP contribution is -2.27. The fourth-order valence-corrected chi connectivity index (χ4v) is 2.61. The molecule has 0 aliphatic heterocycles. The Labute approximate surface area is 131 Å². The van der Waals surface area contributed by atoms with Crippen molar-refractivity contribution in [3.63, 3.8) is 0 Å². The van der Waals surface area contributed by atoms with Crippen LogP contribution >= 0.6 is 0 Å². The minimum absolute atomic E-state index is 0.614. The summed E-state index contributed by atoms with van der Waals surface area (Å²) < 4.78 is 10.9. The van der Waals surface area contributed by atoms with Gasteiger partial charge in [0.15, 0.2) is 0 Å². The van der Waals surface area contributed by atoms with Gasteiger partial charge in [0.2, 0.25) is 0 Å². The lowest BCUT2D eigenvalue weighted by Gasteiger charge is -2.25. The van der Waals surface area contributed by atoms with Crippen LogP contribution in [0.25, 0.3) is 0 Å². The highest BCUT2D eigenvalue weighted by Gasteiger charge is 2.29. The fourth-order valence-electron chi connectivity index (χ4n) is 2.61. The normalized spacial score (nSPS) is 13.2. The quantitative estimate of drug-likeness (QED) is 0.729. The number of para-hydroxylation sites is 1. The van der Waals surface area contributed by atoms with E-state index in [1.54, 1.807) is 7.11 Å². The summed E-state index contributed by atoms with van der Waals surface area (Å²) in [6.45, 7) is 4.54. The van der Waals surface area contributed by atoms with Gasteiger partial charge in [-0.3, -0.25) is 0 Å². The van der Waals surface area contributed by atoms with E-state index in [0.717, 1.165) is 28.9 Å². The van der Waals surface area contributed by atoms with E-state index in [0.29, 0.717) is 13.0 Å². The second-order valence-corrected chi connectivity index (χ2v) is 5.49. The maximum absolute atomic E-state index is 11.8. The molecule has 0 spiro atoms. The van der Waals surface area contributed by atoms with Crippen LogP contribution in [0.3, 0.4) is 0 Å². The molecule has 116 valence electrons. The van der Waals surface area contributed by atoms with Crippen molar-refractivity contribution in [3.8, 4) is 11.5 Å². The third kappa shape index (κ3) is 3.48. The zero-order valence-electron chi connectivity index (χ0n) is 13.3. The number of rotatable bonds is 7. The molecule has 1 atom stereocenters. The van der Waals surface area contributed by atoms with Gasteiger partial charge >= 0.3 is 0 Å². The van der Waals surface area contributed by atoms with Crippen molar-refractivity contribution in [1.82, 2.24) is 0 Å². The molecular weight excluding hydrogens is 276 g/mol. The van der Waals surface area contributed by atoms with Crippen LogP contribution in [0.5, 0.6) is 11.5 Å². The molecule has 22 heavy (non-hydrogen) atoms. The topological polar surface area (TPSA) is 35.5 Å². The van der Waals surface area contributed by atoms with Crippen molar-refractivity contribution < 1.29 is 14.3 Å². The van der Waals surface area contributed by atoms with E-state index >= 15 is 0 Å². The molecule has 3 nitrogen and oxygen atoms in total. The van der Waals surface area contributed by atoms with E-state index in [-0.39, 0.29) is 0 Å². The van der Waals surface area contributed by atoms with Gasteiger partial charge in [-0.25, -0.2) is 0 Å². The lowest BCUT2D eigenvalue weighted by atomic mass is 9.78. The van der Waals surface area contributed by atoms with Crippen molar-refractivity contribution in [1.29, 1.82) is 0 Å². The zero-order valence-corrected chi connectivity index (χ0v) is 13.3. The average molecular weight is 298 g/mol. The smallest absolute Gasteiger partial charge is 0.130 e. The maximum Gasteiger partial charge on any atom is 0.130 e. The molecule has 2 aromatic carbocycles. The predicted molar refractivity (Wildman–Crippen MR) is 87.7 cm³/mol. The summed E-state index contributed by atoms with van der Waals surface area (Å²) in [4.78, 5) is 11.8. The van der Waals surface area contributed by atoms with E-state index in [1.807, 2.05) is 62.4 Å². The van der Waals surface area contributed by atoms with Gasteiger partial charge in [-0.2, -0.15) is 0 Å². The van der Waals surface area contributed by atoms with E-state index in [4.69, 9.17) is 9.47 Å². The molecule has 0 aliphatic rings. The number of aldehydes is 1. The van der Waals surface area contributed by atoms with Crippen LogP contribution in [0, 0.1) is 0 Å². The second-order valence-electron chi connectivity index (χ2n) is 5.49. The highest BCUT2D eigenvalue weighted by Crippen LogP contribution is 2.33. The van der Waals surface area contributed by atoms with Crippen LogP contribution in [-0.4, -0.2) is 20.0 Å². The lowest BCUT2D eigenvalue weighted by molar-refractivity contribution is -0.112. The maximum atomic E-state index is 11.8. The molecule has 0 bridgehead atoms. The van der Waals surface area contributed by atoms with Gasteiger partial charge in [0.05, 0.1) is 19.1 Å². The minimum Gasteiger partial charge on any atom is -0.496 e. The third-order valence-corrected chi connectivity index (χ3v) is 3.79. The molecule has 0 saturated heterocycles. The van der Waals surface area contributed by atoms with Gasteiger partial charge in [0, 0.05) is 5.56 Å². The van der Waals surface area contributed by atoms with Crippen molar-refractivity contribution >= 4 is 6.29 Å². The number of ether oxygens (including phenoxy) is 2. The van der Waals surface area contributed by atoms with Gasteiger partial charge < -0.3 is 14.3 Å². The zero-order chi connectivity index (χ0) is 16.0. The number of hydrogen-bond acceptors (Lipinski definition) is 3. The fraction of sp³-hybridized carbons (Fsp3) is 0.316. The van der Waals surface area contributed by atoms with Crippen LogP contribution in [0.15, 0.2) is 48.5 Å². The molecule has 0 aromatic heterocycles. The monoisotopic (exact) mass is 298 g/mol. The van der Waals surface area contributed by atoms with E-state index in [2.05, 4.69) is 0 Å². The van der Waals surface area contributed by atoms with Crippen LogP contribution in [0.1, 0.15) is 25.0 Å². The Hall–Kier alpha value is -2.29. The molecule has 1 unspecified atom stereocenters. The molecule has 0 fully saturated rings. The molecular formula is C19H22O3. The molecule has 0 aliphatic carbocycles. The SMILES string of the molecule is CCOc1ccc(CC(C)(C=O)c2ccccc2OC)cc1. The van der Waals surface area contributed by atoms with Gasteiger partial charge in [0.1, 0.15) is 17.8 Å². The molecule has 0 N–H and O–H groups in total. The average Bonchev–Trinajstić information content (AvgIpc) is 2.56. The van der Waals surface area contributed by atoms with Gasteiger partial charge in [-0.1, -0.05) is 30.3 Å². The van der Waals surface area contributed by atoms with Crippen LogP contribution in [-0.2, 0) is 16.6 Å². The highest BCUT2D eigenvalue weighted by atomic mass is 16.5. The second kappa shape index (κ2) is 7.12. The van der Waals surface area contributed by atoms with Crippen molar-refractivity contribution in [2.24, 2.45) is 0 Å². The van der Waals surface area contributed by atoms with Crippen molar-refractivity contribution in [2.75, 3.05) is 13.7 Å². The molecule has 3 heteroatoms. The molecule has 0 amide bonds.